The van der Waals surface area contributed by atoms with Gasteiger partial charge in [-0.15, -0.1) is 11.3 Å². The zero-order valence-corrected chi connectivity index (χ0v) is 10.6. The van der Waals surface area contributed by atoms with E-state index >= 15 is 0 Å². The number of thiophene rings is 1. The van der Waals surface area contributed by atoms with Gasteiger partial charge in [0, 0.05) is 17.3 Å². The number of hydrogen-bond acceptors (Lipinski definition) is 2. The van der Waals surface area contributed by atoms with E-state index in [9.17, 15) is 0 Å². The van der Waals surface area contributed by atoms with E-state index in [1.54, 1.807) is 11.3 Å². The van der Waals surface area contributed by atoms with Gasteiger partial charge in [0.15, 0.2) is 0 Å². The summed E-state index contributed by atoms with van der Waals surface area (Å²) in [6.45, 7) is 8.32. The highest BCUT2D eigenvalue weighted by Crippen LogP contribution is 2.10. The maximum atomic E-state index is 3.98. The Hall–Kier alpha value is -1.15. The average molecular weight is 219 g/mol. The van der Waals surface area contributed by atoms with Crippen molar-refractivity contribution < 1.29 is 0 Å². The van der Waals surface area contributed by atoms with Crippen LogP contribution in [0, 0.1) is 27.7 Å². The van der Waals surface area contributed by atoms with Crippen LogP contribution >= 0.6 is 11.3 Å². The average Bonchev–Trinajstić information content (AvgIpc) is 2.50. The number of nitrogens with zero attached hydrogens (tertiary/aromatic N) is 1. The summed E-state index contributed by atoms with van der Waals surface area (Å²) in [5, 5.41) is 2.16. The maximum absolute atomic E-state index is 3.98. The lowest BCUT2D eigenvalue weighted by Crippen LogP contribution is -1.76. The summed E-state index contributed by atoms with van der Waals surface area (Å²) in [5.74, 6) is 0. The predicted octanol–water partition coefficient (Wildman–Crippen LogP) is 4.06. The Morgan fingerprint density at radius 2 is 1.47 bits per heavy atom. The second-order valence-corrected chi connectivity index (χ2v) is 4.89. The van der Waals surface area contributed by atoms with E-state index in [-0.39, 0.29) is 0 Å². The van der Waals surface area contributed by atoms with Gasteiger partial charge in [0.2, 0.25) is 0 Å². The molecule has 0 atom stereocenters. The fourth-order valence-electron chi connectivity index (χ4n) is 1.28. The number of hydrogen-bond donors (Lipinski definition) is 0. The van der Waals surface area contributed by atoms with Crippen LogP contribution in [0.4, 0.5) is 0 Å². The highest BCUT2D eigenvalue weighted by Gasteiger charge is 1.84. The van der Waals surface area contributed by atoms with Crippen molar-refractivity contribution in [2.75, 3.05) is 0 Å². The Morgan fingerprint density at radius 3 is 1.67 bits per heavy atom. The number of aryl methyl sites for hydroxylation is 4. The number of rotatable bonds is 0. The molecule has 0 spiro atoms. The van der Waals surface area contributed by atoms with Gasteiger partial charge in [-0.05, 0) is 55.8 Å². The molecule has 0 fully saturated rings. The number of pyridine rings is 1. The molecule has 2 aromatic heterocycles. The summed E-state index contributed by atoms with van der Waals surface area (Å²) in [7, 11) is 0. The van der Waals surface area contributed by atoms with Gasteiger partial charge in [-0.1, -0.05) is 6.07 Å². The van der Waals surface area contributed by atoms with Gasteiger partial charge in [-0.3, -0.25) is 4.98 Å². The molecule has 0 N–H and O–H groups in total. The van der Waals surface area contributed by atoms with Crippen molar-refractivity contribution in [3.05, 3.63) is 51.5 Å². The standard InChI is InChI=1S/C7H9N.C6H8S/c1-6-3-7(2)5-8-4-6;1-5-3-6(2)7-4-5/h3-5H,1-2H3;3-4H,1-2H3. The summed E-state index contributed by atoms with van der Waals surface area (Å²) >= 11 is 1.80. The Balaban J connectivity index is 0.000000151. The van der Waals surface area contributed by atoms with Crippen LogP contribution in [0.1, 0.15) is 21.6 Å². The highest BCUT2D eigenvalue weighted by atomic mass is 32.1. The molecule has 0 saturated heterocycles. The van der Waals surface area contributed by atoms with Crippen LogP contribution in [0.25, 0.3) is 0 Å². The molecule has 15 heavy (non-hydrogen) atoms. The smallest absolute Gasteiger partial charge is 0.0297 e. The lowest BCUT2D eigenvalue weighted by Gasteiger charge is -1.89. The maximum Gasteiger partial charge on any atom is 0.0297 e. The molecule has 0 bridgehead atoms. The first-order valence-corrected chi connectivity index (χ1v) is 5.86. The molecule has 0 aliphatic rings. The first kappa shape index (κ1) is 11.9. The van der Waals surface area contributed by atoms with Gasteiger partial charge in [0.25, 0.3) is 0 Å². The molecule has 2 aromatic rings. The van der Waals surface area contributed by atoms with Gasteiger partial charge in [0.05, 0.1) is 0 Å². The van der Waals surface area contributed by atoms with E-state index in [4.69, 9.17) is 0 Å². The van der Waals surface area contributed by atoms with Crippen molar-refractivity contribution in [1.29, 1.82) is 0 Å². The largest absolute Gasteiger partial charge is 0.264 e. The Morgan fingerprint density at radius 1 is 0.867 bits per heavy atom. The third-order valence-electron chi connectivity index (χ3n) is 1.87. The van der Waals surface area contributed by atoms with Gasteiger partial charge in [0.1, 0.15) is 0 Å². The molecule has 0 unspecified atom stereocenters. The minimum absolute atomic E-state index is 1.23. The molecule has 80 valence electrons. The fourth-order valence-corrected chi connectivity index (χ4v) is 1.97. The van der Waals surface area contributed by atoms with Crippen LogP contribution in [0.15, 0.2) is 29.9 Å². The quantitative estimate of drug-likeness (QED) is 0.651. The van der Waals surface area contributed by atoms with Crippen molar-refractivity contribution in [2.45, 2.75) is 27.7 Å². The van der Waals surface area contributed by atoms with E-state index in [1.807, 2.05) is 26.2 Å². The number of aromatic nitrogens is 1. The van der Waals surface area contributed by atoms with Crippen LogP contribution in [-0.4, -0.2) is 4.98 Å². The van der Waals surface area contributed by atoms with E-state index in [1.165, 1.54) is 21.6 Å². The molecule has 0 saturated carbocycles. The molecular weight excluding hydrogens is 202 g/mol. The summed E-state index contributed by atoms with van der Waals surface area (Å²) in [6.07, 6.45) is 3.71. The lowest BCUT2D eigenvalue weighted by atomic mass is 10.2. The lowest BCUT2D eigenvalue weighted by molar-refractivity contribution is 1.22. The van der Waals surface area contributed by atoms with Crippen LogP contribution in [0.2, 0.25) is 0 Å². The fraction of sp³-hybridized carbons (Fsp3) is 0.308. The minimum atomic E-state index is 1.23. The molecular formula is C13H17NS. The van der Waals surface area contributed by atoms with Gasteiger partial charge < -0.3 is 0 Å². The SMILES string of the molecule is Cc1cncc(C)c1.Cc1csc(C)c1. The summed E-state index contributed by atoms with van der Waals surface area (Å²) in [5.41, 5.74) is 3.83. The highest BCUT2D eigenvalue weighted by molar-refractivity contribution is 7.10. The second kappa shape index (κ2) is 5.66. The Kier molecular flexibility index (Phi) is 4.50. The van der Waals surface area contributed by atoms with Crippen molar-refractivity contribution in [3.63, 3.8) is 0 Å². The summed E-state index contributed by atoms with van der Waals surface area (Å²) in [6, 6.07) is 4.29. The molecule has 0 aliphatic heterocycles. The van der Waals surface area contributed by atoms with Crippen LogP contribution in [0.5, 0.6) is 0 Å². The summed E-state index contributed by atoms with van der Waals surface area (Å²) in [4.78, 5) is 5.38. The van der Waals surface area contributed by atoms with E-state index in [0.29, 0.717) is 0 Å². The molecule has 1 nitrogen and oxygen atoms in total. The van der Waals surface area contributed by atoms with Crippen molar-refractivity contribution >= 4 is 11.3 Å². The van der Waals surface area contributed by atoms with E-state index in [0.717, 1.165) is 0 Å². The van der Waals surface area contributed by atoms with Crippen molar-refractivity contribution in [1.82, 2.24) is 4.98 Å². The molecule has 0 amide bonds. The Bertz CT molecular complexity index is 384. The zero-order valence-electron chi connectivity index (χ0n) is 9.74. The van der Waals surface area contributed by atoms with Crippen LogP contribution in [0.3, 0.4) is 0 Å². The second-order valence-electron chi connectivity index (χ2n) is 3.77. The van der Waals surface area contributed by atoms with Crippen LogP contribution < -0.4 is 0 Å². The normalized spacial score (nSPS) is 9.33. The van der Waals surface area contributed by atoms with Gasteiger partial charge >= 0.3 is 0 Å². The van der Waals surface area contributed by atoms with Crippen LogP contribution in [-0.2, 0) is 0 Å². The van der Waals surface area contributed by atoms with Gasteiger partial charge in [-0.2, -0.15) is 0 Å². The molecule has 2 rings (SSSR count). The molecule has 0 aliphatic carbocycles. The third kappa shape index (κ3) is 4.75. The molecule has 0 aromatic carbocycles. The van der Waals surface area contributed by atoms with E-state index in [2.05, 4.69) is 36.3 Å². The zero-order chi connectivity index (χ0) is 11.3. The first-order chi connectivity index (χ1) is 7.08. The van der Waals surface area contributed by atoms with Crippen molar-refractivity contribution in [3.8, 4) is 0 Å². The minimum Gasteiger partial charge on any atom is -0.264 e. The van der Waals surface area contributed by atoms with Crippen molar-refractivity contribution in [2.24, 2.45) is 0 Å². The Labute approximate surface area is 95.8 Å². The summed E-state index contributed by atoms with van der Waals surface area (Å²) < 4.78 is 0. The monoisotopic (exact) mass is 219 g/mol. The van der Waals surface area contributed by atoms with E-state index < -0.39 is 0 Å². The molecule has 2 heteroatoms. The first-order valence-electron chi connectivity index (χ1n) is 4.98. The third-order valence-corrected chi connectivity index (χ3v) is 2.85. The van der Waals surface area contributed by atoms with Gasteiger partial charge in [-0.25, -0.2) is 0 Å². The predicted molar refractivity (Wildman–Crippen MR) is 67.5 cm³/mol. The molecule has 0 radical (unpaired) electrons. The molecule has 2 heterocycles. The topological polar surface area (TPSA) is 12.9 Å².